The lowest BCUT2D eigenvalue weighted by Gasteiger charge is -2.08. The van der Waals surface area contributed by atoms with E-state index < -0.39 is 6.36 Å². The van der Waals surface area contributed by atoms with Gasteiger partial charge in [-0.25, -0.2) is 0 Å². The van der Waals surface area contributed by atoms with Gasteiger partial charge in [-0.1, -0.05) is 17.6 Å². The number of halogens is 3. The number of hydrogen-bond acceptors (Lipinski definition) is 1. The molecule has 12 heavy (non-hydrogen) atoms. The Kier molecular flexibility index (Phi) is 2.31. The second-order valence-electron chi connectivity index (χ2n) is 2.36. The highest BCUT2D eigenvalue weighted by atomic mass is 19.4. The van der Waals surface area contributed by atoms with Crippen molar-refractivity contribution >= 4 is 13.3 Å². The van der Waals surface area contributed by atoms with Crippen LogP contribution < -0.4 is 10.2 Å². The zero-order chi connectivity index (χ0) is 9.19. The molecule has 0 amide bonds. The fourth-order valence-corrected chi connectivity index (χ4v) is 0.812. The third-order valence-electron chi connectivity index (χ3n) is 1.22. The van der Waals surface area contributed by atoms with Crippen molar-refractivity contribution in [3.63, 3.8) is 0 Å². The highest BCUT2D eigenvalue weighted by Crippen LogP contribution is 2.20. The summed E-state index contributed by atoms with van der Waals surface area (Å²) in [5.74, 6) is -0.178. The Morgan fingerprint density at radius 2 is 1.92 bits per heavy atom. The SMILES string of the molecule is Bc1cccc(OC(F)(F)F)c1. The quantitative estimate of drug-likeness (QED) is 0.573. The van der Waals surface area contributed by atoms with Gasteiger partial charge in [0.25, 0.3) is 0 Å². The molecule has 0 heterocycles. The van der Waals surface area contributed by atoms with E-state index in [0.717, 1.165) is 5.46 Å². The molecule has 1 aromatic carbocycles. The molecular weight excluding hydrogens is 168 g/mol. The zero-order valence-corrected chi connectivity index (χ0v) is 6.35. The monoisotopic (exact) mass is 174 g/mol. The minimum Gasteiger partial charge on any atom is -0.406 e. The Labute approximate surface area is 68.6 Å². The van der Waals surface area contributed by atoms with Gasteiger partial charge in [-0.3, -0.25) is 0 Å². The van der Waals surface area contributed by atoms with Gasteiger partial charge in [-0.05, 0) is 12.1 Å². The van der Waals surface area contributed by atoms with E-state index in [0.29, 0.717) is 0 Å². The van der Waals surface area contributed by atoms with Gasteiger partial charge in [0.1, 0.15) is 13.6 Å². The van der Waals surface area contributed by atoms with Gasteiger partial charge in [0, 0.05) is 0 Å². The van der Waals surface area contributed by atoms with Gasteiger partial charge in [0.15, 0.2) is 0 Å². The molecule has 0 saturated heterocycles. The molecule has 0 saturated carbocycles. The second kappa shape index (κ2) is 3.09. The van der Waals surface area contributed by atoms with Crippen LogP contribution in [0.15, 0.2) is 24.3 Å². The van der Waals surface area contributed by atoms with Gasteiger partial charge in [-0.2, -0.15) is 0 Å². The summed E-state index contributed by atoms with van der Waals surface area (Å²) in [4.78, 5) is 0. The number of alkyl halides is 3. The normalized spacial score (nSPS) is 11.2. The molecule has 64 valence electrons. The highest BCUT2D eigenvalue weighted by Gasteiger charge is 2.30. The van der Waals surface area contributed by atoms with Crippen molar-refractivity contribution in [1.82, 2.24) is 0 Å². The molecule has 0 aliphatic heterocycles. The van der Waals surface area contributed by atoms with E-state index in [-0.39, 0.29) is 5.75 Å². The molecule has 1 nitrogen and oxygen atoms in total. The minimum absolute atomic E-state index is 0.178. The molecular formula is C7H6BF3O. The summed E-state index contributed by atoms with van der Waals surface area (Å²) >= 11 is 0. The van der Waals surface area contributed by atoms with Crippen LogP contribution in [-0.2, 0) is 0 Å². The third-order valence-corrected chi connectivity index (χ3v) is 1.22. The van der Waals surface area contributed by atoms with Crippen LogP contribution in [-0.4, -0.2) is 14.2 Å². The number of rotatable bonds is 1. The average Bonchev–Trinajstić information content (AvgIpc) is 1.82. The first-order valence-corrected chi connectivity index (χ1v) is 3.30. The first-order valence-electron chi connectivity index (χ1n) is 3.30. The predicted molar refractivity (Wildman–Crippen MR) is 41.3 cm³/mol. The molecule has 0 N–H and O–H groups in total. The third kappa shape index (κ3) is 2.86. The molecule has 0 aliphatic carbocycles. The maximum atomic E-state index is 11.7. The van der Waals surface area contributed by atoms with Crippen LogP contribution in [0.2, 0.25) is 0 Å². The average molecular weight is 174 g/mol. The molecule has 5 heteroatoms. The van der Waals surface area contributed by atoms with E-state index in [2.05, 4.69) is 4.74 Å². The summed E-state index contributed by atoms with van der Waals surface area (Å²) in [7, 11) is 1.70. The van der Waals surface area contributed by atoms with Gasteiger partial charge < -0.3 is 4.74 Å². The molecule has 0 fully saturated rings. The summed E-state index contributed by atoms with van der Waals surface area (Å²) in [5.41, 5.74) is 0.733. The lowest BCUT2D eigenvalue weighted by Crippen LogP contribution is -2.18. The van der Waals surface area contributed by atoms with Crippen LogP contribution in [0.25, 0.3) is 0 Å². The van der Waals surface area contributed by atoms with Gasteiger partial charge >= 0.3 is 6.36 Å². The lowest BCUT2D eigenvalue weighted by atomic mass is 9.96. The van der Waals surface area contributed by atoms with Gasteiger partial charge in [0.2, 0.25) is 0 Å². The first-order chi connectivity index (χ1) is 5.47. The van der Waals surface area contributed by atoms with Crippen molar-refractivity contribution in [2.75, 3.05) is 0 Å². The van der Waals surface area contributed by atoms with Crippen molar-refractivity contribution in [1.29, 1.82) is 0 Å². The summed E-state index contributed by atoms with van der Waals surface area (Å²) in [6.45, 7) is 0. The van der Waals surface area contributed by atoms with E-state index in [4.69, 9.17) is 0 Å². The predicted octanol–water partition coefficient (Wildman–Crippen LogP) is 0.844. The standard InChI is InChI=1S/C7H6BF3O/c8-5-2-1-3-6(4-5)12-7(9,10)11/h1-4H,8H2. The van der Waals surface area contributed by atoms with Crippen LogP contribution >= 0.6 is 0 Å². The Morgan fingerprint density at radius 1 is 1.25 bits per heavy atom. The maximum Gasteiger partial charge on any atom is 0.573 e. The Bertz CT molecular complexity index is 272. The highest BCUT2D eigenvalue weighted by molar-refractivity contribution is 6.32. The number of ether oxygens (including phenoxy) is 1. The van der Waals surface area contributed by atoms with Crippen LogP contribution in [0, 0.1) is 0 Å². The van der Waals surface area contributed by atoms with E-state index in [1.165, 1.54) is 18.2 Å². The smallest absolute Gasteiger partial charge is 0.406 e. The lowest BCUT2D eigenvalue weighted by molar-refractivity contribution is -0.274. The van der Waals surface area contributed by atoms with Crippen LogP contribution in [0.4, 0.5) is 13.2 Å². The fraction of sp³-hybridized carbons (Fsp3) is 0.143. The molecule has 0 bridgehead atoms. The van der Waals surface area contributed by atoms with Crippen molar-refractivity contribution < 1.29 is 17.9 Å². The van der Waals surface area contributed by atoms with E-state index in [1.54, 1.807) is 13.9 Å². The van der Waals surface area contributed by atoms with E-state index in [1.807, 2.05) is 0 Å². The summed E-state index contributed by atoms with van der Waals surface area (Å²) in [6.07, 6.45) is -4.60. The summed E-state index contributed by atoms with van der Waals surface area (Å²) in [5, 5.41) is 0. The molecule has 1 rings (SSSR count). The van der Waals surface area contributed by atoms with E-state index in [9.17, 15) is 13.2 Å². The van der Waals surface area contributed by atoms with Gasteiger partial charge in [0.05, 0.1) is 0 Å². The van der Waals surface area contributed by atoms with Crippen molar-refractivity contribution in [2.45, 2.75) is 6.36 Å². The number of benzene rings is 1. The van der Waals surface area contributed by atoms with E-state index >= 15 is 0 Å². The van der Waals surface area contributed by atoms with Crippen LogP contribution in [0.1, 0.15) is 0 Å². The van der Waals surface area contributed by atoms with Crippen LogP contribution in [0.3, 0.4) is 0 Å². The van der Waals surface area contributed by atoms with Gasteiger partial charge in [-0.15, -0.1) is 13.2 Å². The fourth-order valence-electron chi connectivity index (χ4n) is 0.812. The Morgan fingerprint density at radius 3 is 2.42 bits per heavy atom. The summed E-state index contributed by atoms with van der Waals surface area (Å²) < 4.78 is 38.6. The summed E-state index contributed by atoms with van der Waals surface area (Å²) in [6, 6.07) is 5.80. The first kappa shape index (κ1) is 8.97. The molecule has 0 aromatic heterocycles. The minimum atomic E-state index is -4.60. The molecule has 0 radical (unpaired) electrons. The number of hydrogen-bond donors (Lipinski definition) is 0. The second-order valence-corrected chi connectivity index (χ2v) is 2.36. The molecule has 0 unspecified atom stereocenters. The largest absolute Gasteiger partial charge is 0.573 e. The van der Waals surface area contributed by atoms with Crippen LogP contribution in [0.5, 0.6) is 5.75 Å². The molecule has 0 spiro atoms. The molecule has 1 aromatic rings. The van der Waals surface area contributed by atoms with Crippen molar-refractivity contribution in [3.05, 3.63) is 24.3 Å². The van der Waals surface area contributed by atoms with Crippen molar-refractivity contribution in [3.8, 4) is 5.75 Å². The molecule has 0 atom stereocenters. The Hall–Kier alpha value is -1.13. The zero-order valence-electron chi connectivity index (χ0n) is 6.35. The Balaban J connectivity index is 2.77. The topological polar surface area (TPSA) is 9.23 Å². The van der Waals surface area contributed by atoms with Crippen molar-refractivity contribution in [2.24, 2.45) is 0 Å². The molecule has 0 aliphatic rings. The maximum absolute atomic E-state index is 11.7.